The summed E-state index contributed by atoms with van der Waals surface area (Å²) in [5.74, 6) is 0. The fourth-order valence-electron chi connectivity index (χ4n) is 3.62. The molecule has 4 rings (SSSR count). The molecule has 0 spiro atoms. The van der Waals surface area contributed by atoms with E-state index in [1.165, 1.54) is 22.3 Å². The molecule has 2 nitrogen and oxygen atoms in total. The number of anilines is 1. The summed E-state index contributed by atoms with van der Waals surface area (Å²) in [5.41, 5.74) is 13.1. The molecule has 0 atom stereocenters. The van der Waals surface area contributed by atoms with Crippen molar-refractivity contribution in [2.75, 3.05) is 5.73 Å². The van der Waals surface area contributed by atoms with E-state index in [9.17, 15) is 5.26 Å². The van der Waals surface area contributed by atoms with Crippen LogP contribution >= 0.6 is 0 Å². The van der Waals surface area contributed by atoms with Gasteiger partial charge < -0.3 is 5.73 Å². The summed E-state index contributed by atoms with van der Waals surface area (Å²) in [7, 11) is 0. The van der Waals surface area contributed by atoms with Crippen LogP contribution in [-0.2, 0) is 11.8 Å². The van der Waals surface area contributed by atoms with Gasteiger partial charge in [0.2, 0.25) is 0 Å². The van der Waals surface area contributed by atoms with Gasteiger partial charge in [-0.25, -0.2) is 0 Å². The van der Waals surface area contributed by atoms with E-state index in [1.54, 1.807) is 0 Å². The van der Waals surface area contributed by atoms with Gasteiger partial charge in [-0.05, 0) is 47.1 Å². The van der Waals surface area contributed by atoms with Crippen LogP contribution in [0.15, 0.2) is 36.4 Å². The molecule has 0 heterocycles. The van der Waals surface area contributed by atoms with Crippen LogP contribution in [0.4, 0.5) is 5.69 Å². The molecular weight excluding hydrogens is 244 g/mol. The van der Waals surface area contributed by atoms with E-state index in [2.05, 4.69) is 42.5 Å². The van der Waals surface area contributed by atoms with Crippen molar-refractivity contribution in [2.45, 2.75) is 31.1 Å². The smallest absolute Gasteiger partial charge is 0.0842 e. The molecule has 0 aromatic heterocycles. The summed E-state index contributed by atoms with van der Waals surface area (Å²) in [6.45, 7) is 0. The molecule has 0 amide bonds. The number of nitriles is 1. The maximum absolute atomic E-state index is 9.53. The minimum atomic E-state index is -0.326. The predicted octanol–water partition coefficient (Wildman–Crippen LogP) is 3.79. The fraction of sp³-hybridized carbons (Fsp3) is 0.278. The van der Waals surface area contributed by atoms with Crippen molar-refractivity contribution < 1.29 is 0 Å². The van der Waals surface area contributed by atoms with E-state index in [0.29, 0.717) is 0 Å². The molecule has 2 N–H and O–H groups in total. The van der Waals surface area contributed by atoms with Crippen LogP contribution in [0.5, 0.6) is 0 Å². The number of hydrogen-bond donors (Lipinski definition) is 1. The van der Waals surface area contributed by atoms with Gasteiger partial charge in [0.25, 0.3) is 0 Å². The monoisotopic (exact) mass is 260 g/mol. The topological polar surface area (TPSA) is 49.8 Å². The minimum Gasteiger partial charge on any atom is -0.398 e. The molecule has 98 valence electrons. The van der Waals surface area contributed by atoms with Gasteiger partial charge in [-0.2, -0.15) is 5.26 Å². The van der Waals surface area contributed by atoms with Crippen molar-refractivity contribution in [1.82, 2.24) is 0 Å². The Labute approximate surface area is 118 Å². The Morgan fingerprint density at radius 3 is 2.55 bits per heavy atom. The van der Waals surface area contributed by atoms with Gasteiger partial charge in [0.15, 0.2) is 0 Å². The third-order valence-electron chi connectivity index (χ3n) is 4.97. The van der Waals surface area contributed by atoms with Crippen LogP contribution in [-0.4, -0.2) is 0 Å². The predicted molar refractivity (Wildman–Crippen MR) is 80.2 cm³/mol. The number of nitrogen functional groups attached to an aromatic ring is 1. The second kappa shape index (κ2) is 3.86. The number of fused-ring (bicyclic) bond motifs is 3. The second-order valence-corrected chi connectivity index (χ2v) is 5.93. The van der Waals surface area contributed by atoms with Crippen LogP contribution in [0, 0.1) is 11.3 Å². The third-order valence-corrected chi connectivity index (χ3v) is 4.97. The summed E-state index contributed by atoms with van der Waals surface area (Å²) in [6.07, 6.45) is 3.91. The molecule has 20 heavy (non-hydrogen) atoms. The number of nitrogens with zero attached hydrogens (tertiary/aromatic N) is 1. The highest BCUT2D eigenvalue weighted by Gasteiger charge is 2.41. The van der Waals surface area contributed by atoms with E-state index in [0.717, 1.165) is 36.9 Å². The zero-order valence-electron chi connectivity index (χ0n) is 11.3. The molecule has 2 heteroatoms. The molecule has 1 fully saturated rings. The van der Waals surface area contributed by atoms with Gasteiger partial charge >= 0.3 is 0 Å². The molecule has 0 unspecified atom stereocenters. The fourth-order valence-corrected chi connectivity index (χ4v) is 3.62. The number of benzene rings is 2. The second-order valence-electron chi connectivity index (χ2n) is 5.93. The molecular formula is C18H16N2. The highest BCUT2D eigenvalue weighted by Crippen LogP contribution is 2.49. The van der Waals surface area contributed by atoms with E-state index in [4.69, 9.17) is 5.73 Å². The van der Waals surface area contributed by atoms with E-state index in [1.807, 2.05) is 0 Å². The zero-order chi connectivity index (χ0) is 13.7. The van der Waals surface area contributed by atoms with Crippen LogP contribution in [0.2, 0.25) is 0 Å². The van der Waals surface area contributed by atoms with Gasteiger partial charge in [0, 0.05) is 12.1 Å². The first-order chi connectivity index (χ1) is 9.75. The summed E-state index contributed by atoms with van der Waals surface area (Å²) >= 11 is 0. The highest BCUT2D eigenvalue weighted by molar-refractivity contribution is 5.83. The Bertz CT molecular complexity index is 748. The largest absolute Gasteiger partial charge is 0.398 e. The lowest BCUT2D eigenvalue weighted by Crippen LogP contribution is -2.33. The van der Waals surface area contributed by atoms with Crippen LogP contribution in [0.3, 0.4) is 0 Å². The van der Waals surface area contributed by atoms with Crippen molar-refractivity contribution in [3.05, 3.63) is 53.1 Å². The molecule has 2 aromatic carbocycles. The maximum Gasteiger partial charge on any atom is 0.0842 e. The first-order valence-corrected chi connectivity index (χ1v) is 7.16. The molecule has 0 bridgehead atoms. The lowest BCUT2D eigenvalue weighted by Gasteiger charge is -2.37. The summed E-state index contributed by atoms with van der Waals surface area (Å²) in [4.78, 5) is 0. The number of nitrogens with two attached hydrogens (primary N) is 1. The van der Waals surface area contributed by atoms with Gasteiger partial charge in [-0.1, -0.05) is 36.4 Å². The lowest BCUT2D eigenvalue weighted by molar-refractivity contribution is 0.325. The van der Waals surface area contributed by atoms with E-state index in [-0.39, 0.29) is 5.41 Å². The third kappa shape index (κ3) is 1.33. The quantitative estimate of drug-likeness (QED) is 0.677. The normalized spacial score (nSPS) is 17.8. The highest BCUT2D eigenvalue weighted by atomic mass is 14.6. The summed E-state index contributed by atoms with van der Waals surface area (Å²) in [6, 6.07) is 15.2. The van der Waals surface area contributed by atoms with Crippen molar-refractivity contribution >= 4 is 5.69 Å². The molecule has 0 aliphatic heterocycles. The Kier molecular flexibility index (Phi) is 2.23. The van der Waals surface area contributed by atoms with Gasteiger partial charge in [-0.3, -0.25) is 0 Å². The Morgan fingerprint density at radius 2 is 1.85 bits per heavy atom. The van der Waals surface area contributed by atoms with E-state index >= 15 is 0 Å². The standard InChI is InChI=1S/C18H16N2/c19-11-18(8-3-9-18)16-7-6-14-13-5-2-1-4-12(13)10-15(14)17(16)20/h1-2,4-7H,3,8-10,20H2. The van der Waals surface area contributed by atoms with Gasteiger partial charge in [0.1, 0.15) is 0 Å². The van der Waals surface area contributed by atoms with Crippen LogP contribution in [0.25, 0.3) is 11.1 Å². The Hall–Kier alpha value is -2.27. The molecule has 2 aliphatic carbocycles. The number of rotatable bonds is 1. The first kappa shape index (κ1) is 11.5. The van der Waals surface area contributed by atoms with Crippen molar-refractivity contribution in [3.8, 4) is 17.2 Å². The molecule has 0 saturated heterocycles. The van der Waals surface area contributed by atoms with Crippen LogP contribution in [0.1, 0.15) is 36.0 Å². The molecule has 2 aromatic rings. The van der Waals surface area contributed by atoms with Crippen LogP contribution < -0.4 is 5.73 Å². The Morgan fingerprint density at radius 1 is 1.05 bits per heavy atom. The maximum atomic E-state index is 9.53. The Balaban J connectivity index is 1.90. The molecule has 1 saturated carbocycles. The van der Waals surface area contributed by atoms with E-state index < -0.39 is 0 Å². The zero-order valence-corrected chi connectivity index (χ0v) is 11.3. The van der Waals surface area contributed by atoms with Crippen molar-refractivity contribution in [2.24, 2.45) is 0 Å². The molecule has 0 radical (unpaired) electrons. The van der Waals surface area contributed by atoms with Gasteiger partial charge in [-0.15, -0.1) is 0 Å². The summed E-state index contributed by atoms with van der Waals surface area (Å²) in [5, 5.41) is 9.53. The summed E-state index contributed by atoms with van der Waals surface area (Å²) < 4.78 is 0. The van der Waals surface area contributed by atoms with Gasteiger partial charge in [0.05, 0.1) is 11.5 Å². The minimum absolute atomic E-state index is 0.326. The average Bonchev–Trinajstić information content (AvgIpc) is 2.80. The first-order valence-electron chi connectivity index (χ1n) is 7.16. The molecule has 2 aliphatic rings. The van der Waals surface area contributed by atoms with Crippen molar-refractivity contribution in [1.29, 1.82) is 5.26 Å². The average molecular weight is 260 g/mol. The number of hydrogen-bond acceptors (Lipinski definition) is 2. The SMILES string of the molecule is N#CC1(c2ccc3c(c2N)Cc2ccccc2-3)CCC1. The van der Waals surface area contributed by atoms with Crippen molar-refractivity contribution in [3.63, 3.8) is 0 Å². The lowest BCUT2D eigenvalue weighted by atomic mass is 9.64.